The number of halogens is 1. The van der Waals surface area contributed by atoms with Crippen molar-refractivity contribution in [1.82, 2.24) is 9.97 Å². The summed E-state index contributed by atoms with van der Waals surface area (Å²) in [5.74, 6) is 0.787. The molecule has 0 saturated carbocycles. The zero-order valence-electron chi connectivity index (χ0n) is 11.9. The molecule has 0 atom stereocenters. The highest BCUT2D eigenvalue weighted by molar-refractivity contribution is 7.10. The number of aromatic nitrogens is 2. The number of nitrogens with zero attached hydrogens (tertiary/aromatic N) is 2. The molecule has 1 N–H and O–H groups in total. The molecule has 0 unspecified atom stereocenters. The van der Waals surface area contributed by atoms with Gasteiger partial charge in [0.05, 0.1) is 5.52 Å². The summed E-state index contributed by atoms with van der Waals surface area (Å²) in [5, 5.41) is 6.79. The van der Waals surface area contributed by atoms with Gasteiger partial charge in [0.15, 0.2) is 0 Å². The van der Waals surface area contributed by atoms with Gasteiger partial charge in [-0.1, -0.05) is 32.0 Å². The van der Waals surface area contributed by atoms with Crippen molar-refractivity contribution >= 4 is 39.7 Å². The number of anilines is 1. The summed E-state index contributed by atoms with van der Waals surface area (Å²) < 4.78 is 0. The Morgan fingerprint density at radius 3 is 2.71 bits per heavy atom. The van der Waals surface area contributed by atoms with E-state index in [1.807, 2.05) is 24.3 Å². The number of rotatable bonds is 4. The first-order valence-corrected chi connectivity index (χ1v) is 8.02. The van der Waals surface area contributed by atoms with Crippen molar-refractivity contribution in [2.45, 2.75) is 19.3 Å². The Morgan fingerprint density at radius 1 is 1.14 bits per heavy atom. The molecule has 2 heterocycles. The third-order valence-corrected chi connectivity index (χ3v) is 4.87. The van der Waals surface area contributed by atoms with Gasteiger partial charge in [-0.25, -0.2) is 9.97 Å². The highest BCUT2D eigenvalue weighted by atomic mass is 35.5. The van der Waals surface area contributed by atoms with Gasteiger partial charge in [0.1, 0.15) is 5.82 Å². The SMILES string of the molecule is CC(C)(CNc1nc(Cl)nc2ccccc12)c1cccs1. The molecule has 0 aliphatic carbocycles. The van der Waals surface area contributed by atoms with Crippen LogP contribution in [0.3, 0.4) is 0 Å². The number of fused-ring (bicyclic) bond motifs is 1. The van der Waals surface area contributed by atoms with Crippen molar-refractivity contribution in [1.29, 1.82) is 0 Å². The predicted molar refractivity (Wildman–Crippen MR) is 90.4 cm³/mol. The fraction of sp³-hybridized carbons (Fsp3) is 0.250. The van der Waals surface area contributed by atoms with Crippen LogP contribution in [-0.2, 0) is 5.41 Å². The molecule has 3 aromatic rings. The maximum Gasteiger partial charge on any atom is 0.224 e. The molecule has 0 amide bonds. The number of para-hydroxylation sites is 1. The van der Waals surface area contributed by atoms with Gasteiger partial charge in [-0.2, -0.15) is 0 Å². The van der Waals surface area contributed by atoms with Crippen LogP contribution in [0.25, 0.3) is 10.9 Å². The molecule has 5 heteroatoms. The number of hydrogen-bond donors (Lipinski definition) is 1. The normalized spacial score (nSPS) is 11.8. The van der Waals surface area contributed by atoms with Crippen molar-refractivity contribution in [2.75, 3.05) is 11.9 Å². The predicted octanol–water partition coefficient (Wildman–Crippen LogP) is 4.73. The fourth-order valence-electron chi connectivity index (χ4n) is 2.24. The van der Waals surface area contributed by atoms with Crippen LogP contribution in [0.15, 0.2) is 41.8 Å². The molecular formula is C16H16ClN3S. The maximum atomic E-state index is 6.01. The molecule has 0 spiro atoms. The summed E-state index contributed by atoms with van der Waals surface area (Å²) in [5.41, 5.74) is 0.890. The van der Waals surface area contributed by atoms with Crippen molar-refractivity contribution < 1.29 is 0 Å². The first kappa shape index (κ1) is 14.3. The van der Waals surface area contributed by atoms with Crippen LogP contribution in [0.2, 0.25) is 5.28 Å². The van der Waals surface area contributed by atoms with E-state index in [2.05, 4.69) is 46.6 Å². The number of benzene rings is 1. The van der Waals surface area contributed by atoms with Gasteiger partial charge in [0.25, 0.3) is 0 Å². The van der Waals surface area contributed by atoms with Gasteiger partial charge in [0.2, 0.25) is 5.28 Å². The lowest BCUT2D eigenvalue weighted by molar-refractivity contribution is 0.568. The lowest BCUT2D eigenvalue weighted by Crippen LogP contribution is -2.27. The Balaban J connectivity index is 1.89. The van der Waals surface area contributed by atoms with E-state index in [1.54, 1.807) is 11.3 Å². The van der Waals surface area contributed by atoms with Crippen LogP contribution in [0.4, 0.5) is 5.82 Å². The first-order chi connectivity index (χ1) is 10.1. The minimum Gasteiger partial charge on any atom is -0.369 e. The number of hydrogen-bond acceptors (Lipinski definition) is 4. The summed E-state index contributed by atoms with van der Waals surface area (Å²) in [7, 11) is 0. The van der Waals surface area contributed by atoms with Crippen LogP contribution >= 0.6 is 22.9 Å². The van der Waals surface area contributed by atoms with Crippen LogP contribution in [0.5, 0.6) is 0 Å². The zero-order chi connectivity index (χ0) is 14.9. The maximum absolute atomic E-state index is 6.01. The average Bonchev–Trinajstić information content (AvgIpc) is 2.99. The Kier molecular flexibility index (Phi) is 3.83. The van der Waals surface area contributed by atoms with E-state index in [1.165, 1.54) is 4.88 Å². The third kappa shape index (κ3) is 3.01. The van der Waals surface area contributed by atoms with Gasteiger partial charge in [0, 0.05) is 22.2 Å². The highest BCUT2D eigenvalue weighted by Gasteiger charge is 2.22. The van der Waals surface area contributed by atoms with Crippen LogP contribution in [0, 0.1) is 0 Å². The lowest BCUT2D eigenvalue weighted by Gasteiger charge is -2.24. The summed E-state index contributed by atoms with van der Waals surface area (Å²) >= 11 is 7.79. The summed E-state index contributed by atoms with van der Waals surface area (Å²) in [6.07, 6.45) is 0. The van der Waals surface area contributed by atoms with E-state index in [0.29, 0.717) is 0 Å². The quantitative estimate of drug-likeness (QED) is 0.707. The van der Waals surface area contributed by atoms with Crippen molar-refractivity contribution in [3.63, 3.8) is 0 Å². The van der Waals surface area contributed by atoms with Crippen LogP contribution in [0.1, 0.15) is 18.7 Å². The summed E-state index contributed by atoms with van der Waals surface area (Å²) in [6.45, 7) is 5.22. The molecule has 0 aliphatic rings. The molecule has 3 nitrogen and oxygen atoms in total. The van der Waals surface area contributed by atoms with E-state index < -0.39 is 0 Å². The van der Waals surface area contributed by atoms with E-state index >= 15 is 0 Å². The number of thiophene rings is 1. The number of nitrogens with one attached hydrogen (secondary N) is 1. The largest absolute Gasteiger partial charge is 0.369 e. The second-order valence-electron chi connectivity index (χ2n) is 5.57. The molecule has 3 rings (SSSR count). The molecule has 0 aliphatic heterocycles. The first-order valence-electron chi connectivity index (χ1n) is 6.76. The molecular weight excluding hydrogens is 302 g/mol. The summed E-state index contributed by atoms with van der Waals surface area (Å²) in [6, 6.07) is 12.1. The standard InChI is InChI=1S/C16H16ClN3S/c1-16(2,13-8-5-9-21-13)10-18-14-11-6-3-4-7-12(11)19-15(17)20-14/h3-9H,10H2,1-2H3,(H,18,19,20). The second-order valence-corrected chi connectivity index (χ2v) is 6.86. The second kappa shape index (κ2) is 5.62. The molecule has 0 bridgehead atoms. The minimum absolute atomic E-state index is 0.0344. The van der Waals surface area contributed by atoms with E-state index in [9.17, 15) is 0 Å². The van der Waals surface area contributed by atoms with Gasteiger partial charge < -0.3 is 5.32 Å². The minimum atomic E-state index is 0.0344. The molecule has 0 radical (unpaired) electrons. The average molecular weight is 318 g/mol. The van der Waals surface area contributed by atoms with Gasteiger partial charge in [-0.05, 0) is 35.2 Å². The Morgan fingerprint density at radius 2 is 1.95 bits per heavy atom. The smallest absolute Gasteiger partial charge is 0.224 e. The lowest BCUT2D eigenvalue weighted by atomic mass is 9.91. The van der Waals surface area contributed by atoms with Crippen molar-refractivity contribution in [3.8, 4) is 0 Å². The molecule has 0 fully saturated rings. The third-order valence-electron chi connectivity index (χ3n) is 3.46. The Labute approximate surface area is 133 Å². The van der Waals surface area contributed by atoms with Gasteiger partial charge in [-0.15, -0.1) is 11.3 Å². The highest BCUT2D eigenvalue weighted by Crippen LogP contribution is 2.29. The van der Waals surface area contributed by atoms with Gasteiger partial charge in [-0.3, -0.25) is 0 Å². The molecule has 1 aromatic carbocycles. The van der Waals surface area contributed by atoms with Gasteiger partial charge >= 0.3 is 0 Å². The Bertz CT molecular complexity index is 753. The molecule has 108 valence electrons. The zero-order valence-corrected chi connectivity index (χ0v) is 13.5. The monoisotopic (exact) mass is 317 g/mol. The van der Waals surface area contributed by atoms with Crippen LogP contribution < -0.4 is 5.32 Å². The van der Waals surface area contributed by atoms with E-state index in [-0.39, 0.29) is 10.7 Å². The van der Waals surface area contributed by atoms with E-state index in [4.69, 9.17) is 11.6 Å². The molecule has 0 saturated heterocycles. The van der Waals surface area contributed by atoms with Crippen molar-refractivity contribution in [3.05, 3.63) is 51.9 Å². The molecule has 21 heavy (non-hydrogen) atoms. The fourth-order valence-corrected chi connectivity index (χ4v) is 3.27. The Hall–Kier alpha value is -1.65. The molecule has 2 aromatic heterocycles. The van der Waals surface area contributed by atoms with Crippen LogP contribution in [-0.4, -0.2) is 16.5 Å². The van der Waals surface area contributed by atoms with Crippen molar-refractivity contribution in [2.24, 2.45) is 0 Å². The topological polar surface area (TPSA) is 37.8 Å². The van der Waals surface area contributed by atoms with E-state index in [0.717, 1.165) is 23.3 Å². The summed E-state index contributed by atoms with van der Waals surface area (Å²) in [4.78, 5) is 9.93.